The molecule has 9 aromatic carbocycles. The smallest absolute Gasteiger partial charge is 0.0541 e. The lowest BCUT2D eigenvalue weighted by Crippen LogP contribution is -1.93. The van der Waals surface area contributed by atoms with Crippen LogP contribution in [0.2, 0.25) is 0 Å². The average molecular weight is 622 g/mol. The number of para-hydroxylation sites is 1. The van der Waals surface area contributed by atoms with Crippen molar-refractivity contribution in [3.8, 4) is 39.1 Å². The van der Waals surface area contributed by atoms with Gasteiger partial charge in [0.05, 0.1) is 11.0 Å². The first-order valence-electron chi connectivity index (χ1n) is 16.9. The highest BCUT2D eigenvalue weighted by Crippen LogP contribution is 2.39. The van der Waals surface area contributed by atoms with E-state index in [4.69, 9.17) is 0 Å². The Morgan fingerprint density at radius 1 is 0.224 bits per heavy atom. The molecule has 10 rings (SSSR count). The summed E-state index contributed by atoms with van der Waals surface area (Å²) in [4.78, 5) is 0. The highest BCUT2D eigenvalue weighted by Gasteiger charge is 2.14. The molecule has 0 saturated heterocycles. The largest absolute Gasteiger partial charge is 0.309 e. The summed E-state index contributed by atoms with van der Waals surface area (Å²) in [6.07, 6.45) is 0. The van der Waals surface area contributed by atoms with Crippen molar-refractivity contribution in [3.05, 3.63) is 188 Å². The highest BCUT2D eigenvalue weighted by atomic mass is 15.0. The number of nitrogens with zero attached hydrogens (tertiary/aromatic N) is 1. The van der Waals surface area contributed by atoms with Crippen molar-refractivity contribution in [2.75, 3.05) is 0 Å². The minimum Gasteiger partial charge on any atom is -0.309 e. The molecule has 0 atom stereocenters. The van der Waals surface area contributed by atoms with Crippen molar-refractivity contribution in [1.29, 1.82) is 0 Å². The summed E-state index contributed by atoms with van der Waals surface area (Å²) in [6.45, 7) is 0. The normalized spacial score (nSPS) is 11.7. The number of fused-ring (bicyclic) bond motifs is 9. The number of rotatable bonds is 4. The zero-order valence-electron chi connectivity index (χ0n) is 26.8. The van der Waals surface area contributed by atoms with Crippen LogP contribution in [0.15, 0.2) is 188 Å². The maximum absolute atomic E-state index is 2.39. The molecular formula is C48H31N. The fraction of sp³-hybridized carbons (Fsp3) is 0. The molecule has 1 nitrogen and oxygen atoms in total. The second-order valence-corrected chi connectivity index (χ2v) is 12.9. The summed E-state index contributed by atoms with van der Waals surface area (Å²) in [5.41, 5.74) is 10.9. The third kappa shape index (κ3) is 4.47. The molecule has 0 aliphatic rings. The zero-order chi connectivity index (χ0) is 32.3. The van der Waals surface area contributed by atoms with Crippen LogP contribution in [-0.2, 0) is 0 Å². The van der Waals surface area contributed by atoms with E-state index in [0.29, 0.717) is 0 Å². The molecule has 228 valence electrons. The second kappa shape index (κ2) is 11.1. The minimum absolute atomic E-state index is 1.16. The molecule has 0 bridgehead atoms. The van der Waals surface area contributed by atoms with Crippen LogP contribution in [-0.4, -0.2) is 4.57 Å². The van der Waals surface area contributed by atoms with Crippen molar-refractivity contribution >= 4 is 54.1 Å². The lowest BCUT2D eigenvalue weighted by atomic mass is 9.91. The van der Waals surface area contributed by atoms with E-state index in [0.717, 1.165) is 5.69 Å². The number of hydrogen-bond donors (Lipinski definition) is 0. The topological polar surface area (TPSA) is 4.93 Å². The Hall–Kier alpha value is -6.44. The van der Waals surface area contributed by atoms with Crippen molar-refractivity contribution < 1.29 is 0 Å². The number of benzene rings is 9. The van der Waals surface area contributed by atoms with Gasteiger partial charge in [0.1, 0.15) is 0 Å². The fourth-order valence-electron chi connectivity index (χ4n) is 7.83. The van der Waals surface area contributed by atoms with Gasteiger partial charge in [-0.1, -0.05) is 146 Å². The van der Waals surface area contributed by atoms with E-state index in [9.17, 15) is 0 Å². The van der Waals surface area contributed by atoms with Gasteiger partial charge in [-0.05, 0) is 108 Å². The molecule has 0 amide bonds. The molecule has 0 N–H and O–H groups in total. The van der Waals surface area contributed by atoms with E-state index in [1.54, 1.807) is 0 Å². The Bertz CT molecular complexity index is 2820. The molecule has 1 heteroatoms. The quantitative estimate of drug-likeness (QED) is 0.172. The second-order valence-electron chi connectivity index (χ2n) is 12.9. The van der Waals surface area contributed by atoms with E-state index >= 15 is 0 Å². The first-order valence-corrected chi connectivity index (χ1v) is 16.9. The molecule has 1 heterocycles. The van der Waals surface area contributed by atoms with Crippen molar-refractivity contribution in [1.82, 2.24) is 4.57 Å². The standard InChI is InChI=1S/C48H31N/c1-2-11-32(12-3-1)33-21-25-38(26-22-33)49-47-20-9-8-19-44(47)46-31-37(24-28-48(46)49)35-14-10-13-34(29-35)36-23-27-43-41-17-5-4-15-39(41)40-16-6-7-18-42(40)45(43)30-36/h1-31H. The van der Waals surface area contributed by atoms with Gasteiger partial charge in [0.25, 0.3) is 0 Å². The molecule has 0 spiro atoms. The molecule has 1 aromatic heterocycles. The van der Waals surface area contributed by atoms with Gasteiger partial charge in [0.2, 0.25) is 0 Å². The third-order valence-corrected chi connectivity index (χ3v) is 10.2. The zero-order valence-corrected chi connectivity index (χ0v) is 26.8. The first kappa shape index (κ1) is 27.7. The minimum atomic E-state index is 1.16. The predicted molar refractivity (Wildman–Crippen MR) is 210 cm³/mol. The molecule has 0 fully saturated rings. The molecule has 10 aromatic rings. The monoisotopic (exact) mass is 621 g/mol. The van der Waals surface area contributed by atoms with Crippen molar-refractivity contribution in [2.24, 2.45) is 0 Å². The molecular weight excluding hydrogens is 591 g/mol. The van der Waals surface area contributed by atoms with Crippen LogP contribution in [0.1, 0.15) is 0 Å². The van der Waals surface area contributed by atoms with Crippen LogP contribution < -0.4 is 0 Å². The Kier molecular flexibility index (Phi) is 6.25. The van der Waals surface area contributed by atoms with Gasteiger partial charge in [0, 0.05) is 16.5 Å². The van der Waals surface area contributed by atoms with Gasteiger partial charge >= 0.3 is 0 Å². The van der Waals surface area contributed by atoms with E-state index in [2.05, 4.69) is 193 Å². The van der Waals surface area contributed by atoms with Crippen molar-refractivity contribution in [3.63, 3.8) is 0 Å². The van der Waals surface area contributed by atoms with Crippen LogP contribution in [0.25, 0.3) is 93.2 Å². The third-order valence-electron chi connectivity index (χ3n) is 10.2. The van der Waals surface area contributed by atoms with E-state index in [-0.39, 0.29) is 0 Å². The summed E-state index contributed by atoms with van der Waals surface area (Å²) >= 11 is 0. The molecule has 0 saturated carbocycles. The van der Waals surface area contributed by atoms with Crippen LogP contribution in [0, 0.1) is 0 Å². The lowest BCUT2D eigenvalue weighted by Gasteiger charge is -2.13. The van der Waals surface area contributed by atoms with Crippen LogP contribution in [0.3, 0.4) is 0 Å². The maximum Gasteiger partial charge on any atom is 0.0541 e. The molecule has 0 aliphatic heterocycles. The van der Waals surface area contributed by atoms with Crippen LogP contribution >= 0.6 is 0 Å². The molecule has 0 unspecified atom stereocenters. The summed E-state index contributed by atoms with van der Waals surface area (Å²) in [7, 11) is 0. The van der Waals surface area contributed by atoms with Crippen LogP contribution in [0.4, 0.5) is 0 Å². The van der Waals surface area contributed by atoms with Gasteiger partial charge in [-0.3, -0.25) is 0 Å². The summed E-state index contributed by atoms with van der Waals surface area (Å²) in [5, 5.41) is 10.3. The highest BCUT2D eigenvalue weighted by molar-refractivity contribution is 6.25. The van der Waals surface area contributed by atoms with Gasteiger partial charge in [-0.15, -0.1) is 0 Å². The Labute approximate surface area is 284 Å². The van der Waals surface area contributed by atoms with Crippen LogP contribution in [0.5, 0.6) is 0 Å². The summed E-state index contributed by atoms with van der Waals surface area (Å²) in [6, 6.07) is 68.7. The molecule has 0 aliphatic carbocycles. The summed E-state index contributed by atoms with van der Waals surface area (Å²) < 4.78 is 2.39. The maximum atomic E-state index is 2.39. The lowest BCUT2D eigenvalue weighted by molar-refractivity contribution is 1.18. The Balaban J connectivity index is 1.08. The van der Waals surface area contributed by atoms with Gasteiger partial charge < -0.3 is 4.57 Å². The Morgan fingerprint density at radius 3 is 1.33 bits per heavy atom. The fourth-order valence-corrected chi connectivity index (χ4v) is 7.83. The van der Waals surface area contributed by atoms with Crippen molar-refractivity contribution in [2.45, 2.75) is 0 Å². The average Bonchev–Trinajstić information content (AvgIpc) is 3.52. The predicted octanol–water partition coefficient (Wildman–Crippen LogP) is 13.2. The first-order chi connectivity index (χ1) is 24.3. The van der Waals surface area contributed by atoms with Gasteiger partial charge in [-0.25, -0.2) is 0 Å². The SMILES string of the molecule is c1ccc(-c2ccc(-n3c4ccccc4c4cc(-c5cccc(-c6ccc7c8ccccc8c8ccccc8c7c6)c5)ccc43)cc2)cc1. The van der Waals surface area contributed by atoms with Gasteiger partial charge in [0.15, 0.2) is 0 Å². The number of hydrogen-bond acceptors (Lipinski definition) is 0. The van der Waals surface area contributed by atoms with E-state index < -0.39 is 0 Å². The van der Waals surface area contributed by atoms with E-state index in [1.165, 1.54) is 87.5 Å². The Morgan fingerprint density at radius 2 is 0.653 bits per heavy atom. The summed E-state index contributed by atoms with van der Waals surface area (Å²) in [5.74, 6) is 0. The van der Waals surface area contributed by atoms with E-state index in [1.807, 2.05) is 0 Å². The van der Waals surface area contributed by atoms with Gasteiger partial charge in [-0.2, -0.15) is 0 Å². The molecule has 49 heavy (non-hydrogen) atoms. The molecule has 0 radical (unpaired) electrons. The number of aromatic nitrogens is 1.